The first kappa shape index (κ1) is 13.7. The van der Waals surface area contributed by atoms with Crippen LogP contribution in [0, 0.1) is 0 Å². The fraction of sp³-hybridized carbons (Fsp3) is 0.636. The molecule has 1 rings (SSSR count). The summed E-state index contributed by atoms with van der Waals surface area (Å²) in [6.45, 7) is 4.03. The molecule has 0 N–H and O–H groups in total. The van der Waals surface area contributed by atoms with Crippen LogP contribution < -0.4 is 0 Å². The number of carbonyl (C=O) groups excluding carboxylic acids is 2. The summed E-state index contributed by atoms with van der Waals surface area (Å²) in [6.07, 6.45) is 1.73. The van der Waals surface area contributed by atoms with Gasteiger partial charge in [-0.3, -0.25) is 0 Å². The summed E-state index contributed by atoms with van der Waals surface area (Å²) in [4.78, 5) is 21.9. The van der Waals surface area contributed by atoms with Crippen molar-refractivity contribution >= 4 is 11.9 Å². The Morgan fingerprint density at radius 1 is 1.35 bits per heavy atom. The second-order valence-electron chi connectivity index (χ2n) is 3.94. The molecule has 6 heteroatoms. The average molecular weight is 244 g/mol. The molecule has 0 radical (unpaired) electrons. The van der Waals surface area contributed by atoms with Crippen LogP contribution in [-0.2, 0) is 28.5 Å². The van der Waals surface area contributed by atoms with Crippen LogP contribution in [-0.4, -0.2) is 44.2 Å². The molecule has 6 nitrogen and oxygen atoms in total. The summed E-state index contributed by atoms with van der Waals surface area (Å²) in [6, 6.07) is 0. The minimum Gasteiger partial charge on any atom is -0.466 e. The van der Waals surface area contributed by atoms with Gasteiger partial charge in [-0.15, -0.1) is 0 Å². The number of hydrogen-bond acceptors (Lipinski definition) is 6. The van der Waals surface area contributed by atoms with Crippen molar-refractivity contribution in [2.45, 2.75) is 25.7 Å². The van der Waals surface area contributed by atoms with Gasteiger partial charge < -0.3 is 18.9 Å². The van der Waals surface area contributed by atoms with Crippen molar-refractivity contribution in [1.82, 2.24) is 0 Å². The van der Waals surface area contributed by atoms with E-state index >= 15 is 0 Å². The van der Waals surface area contributed by atoms with Gasteiger partial charge in [-0.05, 0) is 13.8 Å². The lowest BCUT2D eigenvalue weighted by molar-refractivity contribution is -0.155. The molecule has 1 aliphatic rings. The third-order valence-electron chi connectivity index (χ3n) is 2.04. The first-order chi connectivity index (χ1) is 7.93. The second kappa shape index (κ2) is 5.79. The molecular weight excluding hydrogens is 228 g/mol. The molecule has 1 saturated heterocycles. The maximum Gasteiger partial charge on any atom is 0.331 e. The molecule has 0 spiro atoms. The molecule has 0 aromatic heterocycles. The summed E-state index contributed by atoms with van der Waals surface area (Å²) in [5.41, 5.74) is 0. The van der Waals surface area contributed by atoms with Gasteiger partial charge in [-0.2, -0.15) is 0 Å². The lowest BCUT2D eigenvalue weighted by atomic mass is 10.4. The van der Waals surface area contributed by atoms with E-state index in [1.165, 1.54) is 7.11 Å². The Hall–Kier alpha value is -1.40. The zero-order valence-electron chi connectivity index (χ0n) is 10.1. The Kier molecular flexibility index (Phi) is 4.65. The Balaban J connectivity index is 2.25. The lowest BCUT2D eigenvalue weighted by Gasteiger charge is -2.16. The van der Waals surface area contributed by atoms with Gasteiger partial charge in [0, 0.05) is 12.2 Å². The minimum atomic E-state index is -0.640. The van der Waals surface area contributed by atoms with E-state index in [0.717, 1.165) is 12.2 Å². The molecule has 0 bridgehead atoms. The van der Waals surface area contributed by atoms with E-state index in [4.69, 9.17) is 14.2 Å². The zero-order chi connectivity index (χ0) is 12.9. The van der Waals surface area contributed by atoms with Crippen molar-refractivity contribution in [3.05, 3.63) is 12.2 Å². The molecule has 1 heterocycles. The Labute approximate surface area is 99.5 Å². The first-order valence-electron chi connectivity index (χ1n) is 5.17. The molecule has 1 aliphatic heterocycles. The smallest absolute Gasteiger partial charge is 0.331 e. The molecule has 1 fully saturated rings. The number of hydrogen-bond donors (Lipinski definition) is 0. The van der Waals surface area contributed by atoms with E-state index in [9.17, 15) is 9.59 Å². The predicted molar refractivity (Wildman–Crippen MR) is 57.0 cm³/mol. The van der Waals surface area contributed by atoms with Crippen LogP contribution in [0.2, 0.25) is 0 Å². The fourth-order valence-corrected chi connectivity index (χ4v) is 1.27. The highest BCUT2D eigenvalue weighted by atomic mass is 16.7. The summed E-state index contributed by atoms with van der Waals surface area (Å²) >= 11 is 0. The third kappa shape index (κ3) is 4.97. The maximum absolute atomic E-state index is 11.2. The van der Waals surface area contributed by atoms with E-state index in [0.29, 0.717) is 6.61 Å². The summed E-state index contributed by atoms with van der Waals surface area (Å²) < 4.78 is 19.9. The van der Waals surface area contributed by atoms with Gasteiger partial charge in [0.1, 0.15) is 12.7 Å². The third-order valence-corrected chi connectivity index (χ3v) is 2.04. The second-order valence-corrected chi connectivity index (χ2v) is 3.94. The minimum absolute atomic E-state index is 0.0910. The van der Waals surface area contributed by atoms with Crippen LogP contribution in [0.25, 0.3) is 0 Å². The van der Waals surface area contributed by atoms with E-state index in [1.807, 2.05) is 0 Å². The standard InChI is InChI=1S/C11H16O6/c1-11(2)16-7-8(17-11)6-15-10(13)5-4-9(12)14-3/h4-5,8H,6-7H2,1-3H3/b5-4+. The first-order valence-corrected chi connectivity index (χ1v) is 5.17. The van der Waals surface area contributed by atoms with Gasteiger partial charge in [0.2, 0.25) is 0 Å². The average Bonchev–Trinajstić information content (AvgIpc) is 2.63. The quantitative estimate of drug-likeness (QED) is 0.527. The molecule has 0 saturated carbocycles. The summed E-state index contributed by atoms with van der Waals surface area (Å²) in [7, 11) is 1.23. The van der Waals surface area contributed by atoms with Gasteiger partial charge in [0.15, 0.2) is 5.79 Å². The van der Waals surface area contributed by atoms with Crippen molar-refractivity contribution < 1.29 is 28.5 Å². The van der Waals surface area contributed by atoms with Crippen molar-refractivity contribution in [2.75, 3.05) is 20.3 Å². The van der Waals surface area contributed by atoms with Gasteiger partial charge in [0.05, 0.1) is 13.7 Å². The molecule has 96 valence electrons. The molecule has 17 heavy (non-hydrogen) atoms. The normalized spacial score (nSPS) is 22.6. The lowest BCUT2D eigenvalue weighted by Crippen LogP contribution is -2.24. The van der Waals surface area contributed by atoms with Crippen LogP contribution in [0.15, 0.2) is 12.2 Å². The predicted octanol–water partition coefficient (Wildman–Crippen LogP) is 0.410. The van der Waals surface area contributed by atoms with Gasteiger partial charge in [-0.25, -0.2) is 9.59 Å². The van der Waals surface area contributed by atoms with Crippen LogP contribution in [0.3, 0.4) is 0 Å². The zero-order valence-corrected chi connectivity index (χ0v) is 10.1. The summed E-state index contributed by atoms with van der Waals surface area (Å²) in [5.74, 6) is -1.87. The Morgan fingerprint density at radius 3 is 2.53 bits per heavy atom. The largest absolute Gasteiger partial charge is 0.466 e. The fourth-order valence-electron chi connectivity index (χ4n) is 1.27. The highest BCUT2D eigenvalue weighted by Crippen LogP contribution is 2.22. The molecular formula is C11H16O6. The highest BCUT2D eigenvalue weighted by Gasteiger charge is 2.33. The monoisotopic (exact) mass is 244 g/mol. The van der Waals surface area contributed by atoms with Crippen molar-refractivity contribution in [3.8, 4) is 0 Å². The van der Waals surface area contributed by atoms with E-state index in [1.54, 1.807) is 13.8 Å². The number of carbonyl (C=O) groups is 2. The molecule has 1 unspecified atom stereocenters. The van der Waals surface area contributed by atoms with Crippen molar-refractivity contribution in [1.29, 1.82) is 0 Å². The number of rotatable bonds is 4. The van der Waals surface area contributed by atoms with Crippen LogP contribution in [0.5, 0.6) is 0 Å². The molecule has 0 aromatic carbocycles. The summed E-state index contributed by atoms with van der Waals surface area (Å²) in [5, 5.41) is 0. The Bertz CT molecular complexity index is 320. The van der Waals surface area contributed by atoms with Gasteiger partial charge in [0.25, 0.3) is 0 Å². The van der Waals surface area contributed by atoms with Gasteiger partial charge >= 0.3 is 11.9 Å². The van der Waals surface area contributed by atoms with Crippen LogP contribution in [0.1, 0.15) is 13.8 Å². The van der Waals surface area contributed by atoms with Crippen LogP contribution in [0.4, 0.5) is 0 Å². The van der Waals surface area contributed by atoms with E-state index in [-0.39, 0.29) is 12.7 Å². The SMILES string of the molecule is COC(=O)/C=C/C(=O)OCC1COC(C)(C)O1. The highest BCUT2D eigenvalue weighted by molar-refractivity contribution is 5.91. The van der Waals surface area contributed by atoms with E-state index in [2.05, 4.69) is 4.74 Å². The Morgan fingerprint density at radius 2 is 2.00 bits per heavy atom. The molecule has 0 amide bonds. The van der Waals surface area contributed by atoms with Crippen molar-refractivity contribution in [2.24, 2.45) is 0 Å². The molecule has 1 atom stereocenters. The van der Waals surface area contributed by atoms with E-state index < -0.39 is 17.7 Å². The topological polar surface area (TPSA) is 71.1 Å². The van der Waals surface area contributed by atoms with Crippen LogP contribution >= 0.6 is 0 Å². The molecule has 0 aromatic rings. The molecule has 0 aliphatic carbocycles. The van der Waals surface area contributed by atoms with Crippen molar-refractivity contribution in [3.63, 3.8) is 0 Å². The maximum atomic E-state index is 11.2. The number of ether oxygens (including phenoxy) is 4. The number of methoxy groups -OCH3 is 1. The number of esters is 2. The van der Waals surface area contributed by atoms with Gasteiger partial charge in [-0.1, -0.05) is 0 Å².